The quantitative estimate of drug-likeness (QED) is 0.838. The average Bonchev–Trinajstić information content (AvgIpc) is 2.79. The molecule has 3 heterocycles. The van der Waals surface area contributed by atoms with Crippen molar-refractivity contribution in [3.8, 4) is 0 Å². The van der Waals surface area contributed by atoms with Crippen LogP contribution in [0.5, 0.6) is 0 Å². The molecule has 1 saturated heterocycles. The smallest absolute Gasteiger partial charge is 0.202 e. The molecule has 0 unspecified atom stereocenters. The third-order valence-electron chi connectivity index (χ3n) is 3.42. The lowest BCUT2D eigenvalue weighted by Gasteiger charge is -2.24. The summed E-state index contributed by atoms with van der Waals surface area (Å²) in [5.74, 6) is 3.05. The van der Waals surface area contributed by atoms with Crippen molar-refractivity contribution >= 4 is 28.9 Å². The van der Waals surface area contributed by atoms with Crippen LogP contribution in [0.3, 0.4) is 0 Å². The van der Waals surface area contributed by atoms with Crippen LogP contribution in [0, 0.1) is 6.92 Å². The molecule has 17 heavy (non-hydrogen) atoms. The number of fused-ring (bicyclic) bond motifs is 1. The number of aryl methyl sites for hydroxylation is 2. The normalized spacial score (nSPS) is 18.0. The molecule has 5 nitrogen and oxygen atoms in total. The van der Waals surface area contributed by atoms with E-state index in [4.69, 9.17) is 5.73 Å². The van der Waals surface area contributed by atoms with Gasteiger partial charge >= 0.3 is 0 Å². The molecule has 1 aliphatic heterocycles. The van der Waals surface area contributed by atoms with Gasteiger partial charge < -0.3 is 5.73 Å². The monoisotopic (exact) mass is 251 g/mol. The van der Waals surface area contributed by atoms with E-state index in [9.17, 15) is 0 Å². The van der Waals surface area contributed by atoms with Crippen LogP contribution in [0.4, 0.5) is 5.95 Å². The molecular weight excluding hydrogens is 234 g/mol. The first kappa shape index (κ1) is 11.0. The van der Waals surface area contributed by atoms with Crippen LogP contribution in [0.25, 0.3) is 11.2 Å². The molecular formula is C11H17N5S. The molecule has 0 amide bonds. The lowest BCUT2D eigenvalue weighted by Crippen LogP contribution is -2.18. The predicted octanol–water partition coefficient (Wildman–Crippen LogP) is 1.73. The fraction of sp³-hybridized carbons (Fsp3) is 0.636. The number of aromatic nitrogens is 4. The van der Waals surface area contributed by atoms with Gasteiger partial charge in [0.15, 0.2) is 5.65 Å². The molecule has 2 aromatic heterocycles. The molecule has 3 rings (SSSR count). The first-order chi connectivity index (χ1) is 8.18. The standard InChI is InChI=1S/C11H17N5S/c1-7-9-10(15(2)14-7)16(11(12)13-9)8-3-5-17-6-4-8/h8H,3-6H2,1-2H3,(H2,12,13). The van der Waals surface area contributed by atoms with E-state index in [1.165, 1.54) is 24.3 Å². The van der Waals surface area contributed by atoms with Gasteiger partial charge in [-0.1, -0.05) is 0 Å². The number of hydrogen-bond donors (Lipinski definition) is 1. The highest BCUT2D eigenvalue weighted by molar-refractivity contribution is 7.99. The number of rotatable bonds is 1. The highest BCUT2D eigenvalue weighted by atomic mass is 32.2. The molecule has 92 valence electrons. The van der Waals surface area contributed by atoms with Crippen LogP contribution in [-0.4, -0.2) is 30.8 Å². The molecule has 2 aromatic rings. The molecule has 2 N–H and O–H groups in total. The van der Waals surface area contributed by atoms with E-state index in [1.807, 2.05) is 30.4 Å². The Hall–Kier alpha value is -1.17. The summed E-state index contributed by atoms with van der Waals surface area (Å²) < 4.78 is 4.07. The minimum absolute atomic E-state index is 0.482. The largest absolute Gasteiger partial charge is 0.369 e. The zero-order valence-corrected chi connectivity index (χ0v) is 11.0. The number of thioether (sulfide) groups is 1. The maximum absolute atomic E-state index is 6.07. The van der Waals surface area contributed by atoms with Crippen molar-refractivity contribution in [3.05, 3.63) is 5.69 Å². The molecule has 0 spiro atoms. The molecule has 0 aromatic carbocycles. The fourth-order valence-corrected chi connectivity index (χ4v) is 3.70. The number of hydrogen-bond acceptors (Lipinski definition) is 4. The first-order valence-electron chi connectivity index (χ1n) is 5.93. The number of nitrogens with zero attached hydrogens (tertiary/aromatic N) is 4. The van der Waals surface area contributed by atoms with E-state index >= 15 is 0 Å². The van der Waals surface area contributed by atoms with Gasteiger partial charge in [-0.3, -0.25) is 9.25 Å². The Morgan fingerprint density at radius 1 is 1.35 bits per heavy atom. The zero-order chi connectivity index (χ0) is 12.0. The lowest BCUT2D eigenvalue weighted by atomic mass is 10.1. The van der Waals surface area contributed by atoms with E-state index < -0.39 is 0 Å². The minimum Gasteiger partial charge on any atom is -0.369 e. The highest BCUT2D eigenvalue weighted by Crippen LogP contribution is 2.32. The van der Waals surface area contributed by atoms with Crippen LogP contribution in [0.2, 0.25) is 0 Å². The van der Waals surface area contributed by atoms with Crippen molar-refractivity contribution in [2.45, 2.75) is 25.8 Å². The summed E-state index contributed by atoms with van der Waals surface area (Å²) in [5.41, 5.74) is 9.04. The molecule has 1 fully saturated rings. The number of nitrogens with two attached hydrogens (primary N) is 1. The van der Waals surface area contributed by atoms with Crippen molar-refractivity contribution in [2.75, 3.05) is 17.2 Å². The van der Waals surface area contributed by atoms with Crippen molar-refractivity contribution in [1.82, 2.24) is 19.3 Å². The molecule has 0 radical (unpaired) electrons. The van der Waals surface area contributed by atoms with Gasteiger partial charge in [0, 0.05) is 13.1 Å². The van der Waals surface area contributed by atoms with E-state index in [1.54, 1.807) is 0 Å². The van der Waals surface area contributed by atoms with Gasteiger partial charge in [-0.05, 0) is 31.3 Å². The number of nitrogen functional groups attached to an aromatic ring is 1. The van der Waals surface area contributed by atoms with Gasteiger partial charge in [-0.2, -0.15) is 16.9 Å². The lowest BCUT2D eigenvalue weighted by molar-refractivity contribution is 0.478. The van der Waals surface area contributed by atoms with Crippen molar-refractivity contribution in [3.63, 3.8) is 0 Å². The van der Waals surface area contributed by atoms with E-state index in [-0.39, 0.29) is 0 Å². The molecule has 0 aliphatic carbocycles. The Morgan fingerprint density at radius 2 is 2.06 bits per heavy atom. The summed E-state index contributed by atoms with van der Waals surface area (Å²) in [4.78, 5) is 4.46. The van der Waals surface area contributed by atoms with Crippen LogP contribution < -0.4 is 5.73 Å². The van der Waals surface area contributed by atoms with Gasteiger partial charge in [0.25, 0.3) is 0 Å². The summed E-state index contributed by atoms with van der Waals surface area (Å²) in [5, 5.41) is 4.42. The second-order valence-electron chi connectivity index (χ2n) is 4.56. The van der Waals surface area contributed by atoms with Crippen molar-refractivity contribution < 1.29 is 0 Å². The molecule has 6 heteroatoms. The summed E-state index contributed by atoms with van der Waals surface area (Å²) in [6.07, 6.45) is 2.34. The van der Waals surface area contributed by atoms with Crippen molar-refractivity contribution in [2.24, 2.45) is 7.05 Å². The zero-order valence-electron chi connectivity index (χ0n) is 10.2. The Labute approximate surface area is 104 Å². The second kappa shape index (κ2) is 3.94. The number of imidazole rings is 1. The highest BCUT2D eigenvalue weighted by Gasteiger charge is 2.23. The summed E-state index contributed by atoms with van der Waals surface area (Å²) in [7, 11) is 1.96. The molecule has 0 bridgehead atoms. The summed E-state index contributed by atoms with van der Waals surface area (Å²) >= 11 is 2.02. The van der Waals surface area contributed by atoms with Crippen molar-refractivity contribution in [1.29, 1.82) is 0 Å². The first-order valence-corrected chi connectivity index (χ1v) is 7.08. The van der Waals surface area contributed by atoms with Gasteiger partial charge in [0.2, 0.25) is 5.95 Å². The Balaban J connectivity index is 2.16. The van der Waals surface area contributed by atoms with Crippen LogP contribution in [0.1, 0.15) is 24.6 Å². The topological polar surface area (TPSA) is 61.7 Å². The van der Waals surface area contributed by atoms with E-state index in [2.05, 4.69) is 14.6 Å². The Morgan fingerprint density at radius 3 is 2.76 bits per heavy atom. The Kier molecular flexibility index (Phi) is 2.54. The van der Waals surface area contributed by atoms with Gasteiger partial charge in [0.1, 0.15) is 5.52 Å². The third kappa shape index (κ3) is 1.62. The van der Waals surface area contributed by atoms with E-state index in [0.29, 0.717) is 12.0 Å². The van der Waals surface area contributed by atoms with Crippen LogP contribution in [0.15, 0.2) is 0 Å². The molecule has 1 aliphatic rings. The van der Waals surface area contributed by atoms with Crippen LogP contribution in [-0.2, 0) is 7.05 Å². The van der Waals surface area contributed by atoms with Crippen LogP contribution >= 0.6 is 11.8 Å². The molecule has 0 atom stereocenters. The SMILES string of the molecule is Cc1nn(C)c2c1nc(N)n2C1CCSCC1. The third-order valence-corrected chi connectivity index (χ3v) is 4.47. The summed E-state index contributed by atoms with van der Waals surface area (Å²) in [6.45, 7) is 1.98. The fourth-order valence-electron chi connectivity index (χ4n) is 2.62. The minimum atomic E-state index is 0.482. The van der Waals surface area contributed by atoms with E-state index in [0.717, 1.165) is 16.9 Å². The van der Waals surface area contributed by atoms with Gasteiger partial charge in [0.05, 0.1) is 5.69 Å². The maximum atomic E-state index is 6.07. The predicted molar refractivity (Wildman–Crippen MR) is 71.2 cm³/mol. The average molecular weight is 251 g/mol. The second-order valence-corrected chi connectivity index (χ2v) is 5.79. The maximum Gasteiger partial charge on any atom is 0.202 e. The van der Waals surface area contributed by atoms with Gasteiger partial charge in [-0.15, -0.1) is 0 Å². The summed E-state index contributed by atoms with van der Waals surface area (Å²) in [6, 6.07) is 0.482. The number of anilines is 1. The molecule has 0 saturated carbocycles. The Bertz CT molecular complexity index is 550. The van der Waals surface area contributed by atoms with Gasteiger partial charge in [-0.25, -0.2) is 4.98 Å².